The van der Waals surface area contributed by atoms with Crippen molar-refractivity contribution in [1.82, 2.24) is 5.32 Å². The van der Waals surface area contributed by atoms with Gasteiger partial charge in [0.2, 0.25) is 5.91 Å². The molecule has 0 spiro atoms. The van der Waals surface area contributed by atoms with Crippen molar-refractivity contribution in [3.63, 3.8) is 0 Å². The van der Waals surface area contributed by atoms with E-state index in [1.165, 1.54) is 0 Å². The summed E-state index contributed by atoms with van der Waals surface area (Å²) in [6, 6.07) is 7.68. The van der Waals surface area contributed by atoms with Crippen molar-refractivity contribution < 1.29 is 4.79 Å². The molecule has 94 valence electrons. The molecule has 4 heteroatoms. The zero-order chi connectivity index (χ0) is 13.2. The van der Waals surface area contributed by atoms with Gasteiger partial charge in [-0.05, 0) is 12.1 Å². The lowest BCUT2D eigenvalue weighted by Gasteiger charge is -2.09. The summed E-state index contributed by atoms with van der Waals surface area (Å²) in [6.45, 7) is 4.28. The predicted octanol–water partition coefficient (Wildman–Crippen LogP) is 2.13. The Morgan fingerprint density at radius 2 is 2.28 bits per heavy atom. The van der Waals surface area contributed by atoms with Crippen LogP contribution in [0.15, 0.2) is 41.8 Å². The van der Waals surface area contributed by atoms with Crippen LogP contribution in [0.3, 0.4) is 0 Å². The van der Waals surface area contributed by atoms with Gasteiger partial charge < -0.3 is 5.32 Å². The summed E-state index contributed by atoms with van der Waals surface area (Å²) >= 11 is 1.63. The van der Waals surface area contributed by atoms with Crippen molar-refractivity contribution in [2.24, 2.45) is 0 Å². The van der Waals surface area contributed by atoms with Crippen LogP contribution >= 0.6 is 11.8 Å². The molecule has 1 aromatic carbocycles. The number of terminal acetylenes is 1. The highest BCUT2D eigenvalue weighted by molar-refractivity contribution is 7.99. The van der Waals surface area contributed by atoms with Crippen molar-refractivity contribution in [2.45, 2.75) is 4.90 Å². The zero-order valence-electron chi connectivity index (χ0n) is 10.1. The second-order valence-electron chi connectivity index (χ2n) is 3.45. The number of para-hydroxylation sites is 1. The number of rotatable bonds is 7. The van der Waals surface area contributed by atoms with Gasteiger partial charge in [0.15, 0.2) is 0 Å². The number of carbonyl (C=O) groups excluding carboxylic acids is 1. The van der Waals surface area contributed by atoms with Gasteiger partial charge in [0, 0.05) is 10.6 Å². The first-order chi connectivity index (χ1) is 8.77. The quantitative estimate of drug-likeness (QED) is 0.341. The molecule has 3 nitrogen and oxygen atoms in total. The van der Waals surface area contributed by atoms with Crippen LogP contribution < -0.4 is 10.6 Å². The summed E-state index contributed by atoms with van der Waals surface area (Å²) in [5.41, 5.74) is 0.817. The third-order valence-electron chi connectivity index (χ3n) is 2.03. The standard InChI is InChI=1S/C14H16N2OS/c1-3-9-15-11-14(17)16-12-7-5-6-8-13(12)18-10-4-2/h1,4-8,15H,2,9-11H2,(H,16,17). The van der Waals surface area contributed by atoms with Gasteiger partial charge in [0.1, 0.15) is 0 Å². The molecule has 1 aromatic rings. The van der Waals surface area contributed by atoms with E-state index in [1.54, 1.807) is 11.8 Å². The van der Waals surface area contributed by atoms with Crippen LogP contribution in [0, 0.1) is 12.3 Å². The van der Waals surface area contributed by atoms with Crippen molar-refractivity contribution in [1.29, 1.82) is 0 Å². The molecule has 0 bridgehead atoms. The number of thioether (sulfide) groups is 1. The van der Waals surface area contributed by atoms with Crippen LogP contribution in [-0.2, 0) is 4.79 Å². The van der Waals surface area contributed by atoms with Crippen LogP contribution in [-0.4, -0.2) is 24.7 Å². The van der Waals surface area contributed by atoms with Gasteiger partial charge in [-0.1, -0.05) is 24.1 Å². The van der Waals surface area contributed by atoms with E-state index < -0.39 is 0 Å². The molecule has 0 atom stereocenters. The van der Waals surface area contributed by atoms with Crippen LogP contribution in [0.4, 0.5) is 5.69 Å². The number of nitrogens with one attached hydrogen (secondary N) is 2. The fourth-order valence-electron chi connectivity index (χ4n) is 1.29. The second kappa shape index (κ2) is 8.40. The predicted molar refractivity (Wildman–Crippen MR) is 77.7 cm³/mol. The van der Waals surface area contributed by atoms with Crippen molar-refractivity contribution in [3.05, 3.63) is 36.9 Å². The number of benzene rings is 1. The minimum Gasteiger partial charge on any atom is -0.324 e. The molecule has 0 saturated carbocycles. The van der Waals surface area contributed by atoms with E-state index in [-0.39, 0.29) is 12.5 Å². The lowest BCUT2D eigenvalue weighted by atomic mass is 10.3. The number of amides is 1. The van der Waals surface area contributed by atoms with E-state index in [9.17, 15) is 4.79 Å². The van der Waals surface area contributed by atoms with Crippen molar-refractivity contribution >= 4 is 23.4 Å². The maximum atomic E-state index is 11.6. The van der Waals surface area contributed by atoms with Crippen LogP contribution in [0.5, 0.6) is 0 Å². The van der Waals surface area contributed by atoms with Gasteiger partial charge in [-0.2, -0.15) is 0 Å². The molecular formula is C14H16N2OS. The largest absolute Gasteiger partial charge is 0.324 e. The number of carbonyl (C=O) groups is 1. The molecule has 0 aromatic heterocycles. The Morgan fingerprint density at radius 1 is 1.50 bits per heavy atom. The third kappa shape index (κ3) is 5.09. The molecule has 0 aliphatic heterocycles. The van der Waals surface area contributed by atoms with Crippen molar-refractivity contribution in [2.75, 3.05) is 24.2 Å². The topological polar surface area (TPSA) is 41.1 Å². The van der Waals surface area contributed by atoms with E-state index >= 15 is 0 Å². The molecule has 1 amide bonds. The zero-order valence-corrected chi connectivity index (χ0v) is 10.9. The Hall–Kier alpha value is -1.70. The van der Waals surface area contributed by atoms with Crippen LogP contribution in [0.25, 0.3) is 0 Å². The fraction of sp³-hybridized carbons (Fsp3) is 0.214. The van der Waals surface area contributed by atoms with Gasteiger partial charge in [0.05, 0.1) is 18.8 Å². The molecule has 1 rings (SSSR count). The molecule has 2 N–H and O–H groups in total. The average molecular weight is 260 g/mol. The molecule has 0 radical (unpaired) electrons. The Morgan fingerprint density at radius 3 is 3.00 bits per heavy atom. The summed E-state index contributed by atoms with van der Waals surface area (Å²) in [5.74, 6) is 3.13. The van der Waals surface area contributed by atoms with E-state index in [0.717, 1.165) is 16.3 Å². The Bertz CT molecular complexity index is 451. The Labute approximate surface area is 112 Å². The van der Waals surface area contributed by atoms with Gasteiger partial charge in [0.25, 0.3) is 0 Å². The Kier molecular flexibility index (Phi) is 6.70. The Balaban J connectivity index is 2.57. The van der Waals surface area contributed by atoms with E-state index in [1.807, 2.05) is 30.3 Å². The molecule has 0 saturated heterocycles. The summed E-state index contributed by atoms with van der Waals surface area (Å²) < 4.78 is 0. The van der Waals surface area contributed by atoms with Gasteiger partial charge in [-0.3, -0.25) is 10.1 Å². The smallest absolute Gasteiger partial charge is 0.238 e. The van der Waals surface area contributed by atoms with Crippen LogP contribution in [0.1, 0.15) is 0 Å². The maximum absolute atomic E-state index is 11.6. The first kappa shape index (κ1) is 14.4. The molecular weight excluding hydrogens is 244 g/mol. The van der Waals surface area contributed by atoms with Gasteiger partial charge in [-0.25, -0.2) is 0 Å². The normalized spacial score (nSPS) is 9.50. The fourth-order valence-corrected chi connectivity index (χ4v) is 2.03. The first-order valence-electron chi connectivity index (χ1n) is 5.54. The lowest BCUT2D eigenvalue weighted by Crippen LogP contribution is -2.28. The van der Waals surface area contributed by atoms with Crippen LogP contribution in [0.2, 0.25) is 0 Å². The van der Waals surface area contributed by atoms with E-state index in [4.69, 9.17) is 6.42 Å². The molecule has 0 fully saturated rings. The summed E-state index contributed by atoms with van der Waals surface area (Å²) in [6.07, 6.45) is 6.92. The van der Waals surface area contributed by atoms with E-state index in [0.29, 0.717) is 6.54 Å². The summed E-state index contributed by atoms with van der Waals surface area (Å²) in [5, 5.41) is 5.70. The molecule has 18 heavy (non-hydrogen) atoms. The highest BCUT2D eigenvalue weighted by Crippen LogP contribution is 2.26. The molecule has 0 unspecified atom stereocenters. The minimum atomic E-state index is -0.100. The third-order valence-corrected chi connectivity index (χ3v) is 3.10. The monoisotopic (exact) mass is 260 g/mol. The highest BCUT2D eigenvalue weighted by atomic mass is 32.2. The van der Waals surface area contributed by atoms with Gasteiger partial charge in [-0.15, -0.1) is 24.8 Å². The van der Waals surface area contributed by atoms with Crippen molar-refractivity contribution in [3.8, 4) is 12.3 Å². The van der Waals surface area contributed by atoms with Gasteiger partial charge >= 0.3 is 0 Å². The molecule has 0 heterocycles. The number of hydrogen-bond donors (Lipinski definition) is 2. The molecule has 0 aliphatic rings. The summed E-state index contributed by atoms with van der Waals surface area (Å²) in [7, 11) is 0. The maximum Gasteiger partial charge on any atom is 0.238 e. The second-order valence-corrected chi connectivity index (χ2v) is 4.51. The SMILES string of the molecule is C#CCNCC(=O)Nc1ccccc1SCC=C. The highest BCUT2D eigenvalue weighted by Gasteiger charge is 2.05. The number of anilines is 1. The lowest BCUT2D eigenvalue weighted by molar-refractivity contribution is -0.115. The van der Waals surface area contributed by atoms with E-state index in [2.05, 4.69) is 23.1 Å². The first-order valence-corrected chi connectivity index (χ1v) is 6.53. The molecule has 0 aliphatic carbocycles. The summed E-state index contributed by atoms with van der Waals surface area (Å²) in [4.78, 5) is 12.7. The average Bonchev–Trinajstić information content (AvgIpc) is 2.38. The minimum absolute atomic E-state index is 0.100. The number of hydrogen-bond acceptors (Lipinski definition) is 3.